The largest absolute Gasteiger partial charge is 0.452 e. The number of hydrogen-bond donors (Lipinski definition) is 2. The Morgan fingerprint density at radius 2 is 1.80 bits per heavy atom. The van der Waals surface area contributed by atoms with Crippen molar-refractivity contribution in [3.8, 4) is 0 Å². The molecule has 1 atom stereocenters. The number of nitrogens with zero attached hydrogens (tertiary/aromatic N) is 1. The molecule has 8 nitrogen and oxygen atoms in total. The smallest absolute Gasteiger partial charge is 0.338 e. The van der Waals surface area contributed by atoms with Crippen molar-refractivity contribution in [2.45, 2.75) is 25.3 Å². The van der Waals surface area contributed by atoms with Crippen molar-refractivity contribution in [3.63, 3.8) is 0 Å². The number of aryl methyl sites for hydroxylation is 1. The summed E-state index contributed by atoms with van der Waals surface area (Å²) in [7, 11) is 1.72. The number of nitrogens with one attached hydrogen (secondary N) is 2. The van der Waals surface area contributed by atoms with Crippen LogP contribution in [0.4, 0.5) is 0 Å². The quantitative estimate of drug-likeness (QED) is 0.507. The first kappa shape index (κ1) is 19.6. The lowest BCUT2D eigenvalue weighted by Crippen LogP contribution is -2.36. The van der Waals surface area contributed by atoms with E-state index in [1.165, 1.54) is 23.8 Å². The monoisotopic (exact) mass is 407 g/mol. The van der Waals surface area contributed by atoms with Crippen molar-refractivity contribution in [1.29, 1.82) is 0 Å². The van der Waals surface area contributed by atoms with E-state index in [9.17, 15) is 19.2 Å². The number of carbonyl (C=O) groups excluding carboxylic acids is 2. The number of likely N-dealkylation sites (N-methyl/N-ethyl adjacent to an activating group) is 1. The molecule has 2 N–H and O–H groups in total. The van der Waals surface area contributed by atoms with Gasteiger partial charge >= 0.3 is 17.1 Å². The van der Waals surface area contributed by atoms with Crippen molar-refractivity contribution < 1.29 is 14.3 Å². The molecule has 3 aromatic rings. The molecule has 1 amide bonds. The third-order valence-corrected chi connectivity index (χ3v) is 5.48. The number of aromatic amines is 2. The molecule has 8 heteroatoms. The number of ether oxygens (including phenoxy) is 1. The third-order valence-electron chi connectivity index (χ3n) is 5.48. The van der Waals surface area contributed by atoms with Gasteiger partial charge in [-0.05, 0) is 48.6 Å². The van der Waals surface area contributed by atoms with E-state index in [2.05, 4.69) is 16.0 Å². The fourth-order valence-corrected chi connectivity index (χ4v) is 3.86. The maximum atomic E-state index is 12.6. The van der Waals surface area contributed by atoms with Gasteiger partial charge in [-0.3, -0.25) is 14.4 Å². The lowest BCUT2D eigenvalue weighted by molar-refractivity contribution is -0.135. The number of amides is 1. The summed E-state index contributed by atoms with van der Waals surface area (Å²) >= 11 is 0. The van der Waals surface area contributed by atoms with Crippen LogP contribution in [0.2, 0.25) is 0 Å². The molecule has 1 aliphatic carbocycles. The van der Waals surface area contributed by atoms with Crippen molar-refractivity contribution in [2.75, 3.05) is 13.7 Å². The molecule has 1 heterocycles. The normalized spacial score (nSPS) is 15.4. The highest BCUT2D eigenvalue weighted by atomic mass is 16.5. The number of fused-ring (bicyclic) bond motifs is 2. The highest BCUT2D eigenvalue weighted by molar-refractivity contribution is 5.94. The van der Waals surface area contributed by atoms with Crippen LogP contribution in [-0.2, 0) is 16.0 Å². The second-order valence-electron chi connectivity index (χ2n) is 7.36. The molecule has 0 unspecified atom stereocenters. The molecule has 0 aliphatic heterocycles. The lowest BCUT2D eigenvalue weighted by Gasteiger charge is -2.33. The van der Waals surface area contributed by atoms with E-state index >= 15 is 0 Å². The van der Waals surface area contributed by atoms with Gasteiger partial charge in [0.1, 0.15) is 0 Å². The minimum atomic E-state index is -0.808. The molecule has 2 aromatic carbocycles. The van der Waals surface area contributed by atoms with Crippen molar-refractivity contribution in [1.82, 2.24) is 14.9 Å². The molecule has 0 bridgehead atoms. The number of esters is 1. The first-order chi connectivity index (χ1) is 14.4. The van der Waals surface area contributed by atoms with Gasteiger partial charge in [-0.15, -0.1) is 0 Å². The van der Waals surface area contributed by atoms with Gasteiger partial charge in [-0.2, -0.15) is 0 Å². The van der Waals surface area contributed by atoms with Crippen LogP contribution in [0, 0.1) is 0 Å². The molecule has 154 valence electrons. The SMILES string of the molecule is CN(C(=O)COC(=O)c1ccc2[nH]c(=O)c(=O)[nH]c2c1)[C@@H]1CCCc2ccccc21. The summed E-state index contributed by atoms with van der Waals surface area (Å²) in [5.74, 6) is -0.974. The van der Waals surface area contributed by atoms with Gasteiger partial charge in [-0.1, -0.05) is 24.3 Å². The van der Waals surface area contributed by atoms with Crippen LogP contribution >= 0.6 is 0 Å². The van der Waals surface area contributed by atoms with Gasteiger partial charge in [0.05, 0.1) is 22.6 Å². The first-order valence-electron chi connectivity index (χ1n) is 9.71. The number of carbonyl (C=O) groups is 2. The van der Waals surface area contributed by atoms with Crippen LogP contribution in [0.5, 0.6) is 0 Å². The van der Waals surface area contributed by atoms with E-state index in [1.807, 2.05) is 18.2 Å². The lowest BCUT2D eigenvalue weighted by atomic mass is 9.87. The second kappa shape index (κ2) is 7.98. The summed E-state index contributed by atoms with van der Waals surface area (Å²) in [4.78, 5) is 54.3. The van der Waals surface area contributed by atoms with E-state index in [-0.39, 0.29) is 24.1 Å². The number of benzene rings is 2. The van der Waals surface area contributed by atoms with Gasteiger partial charge in [0, 0.05) is 7.05 Å². The molecule has 0 radical (unpaired) electrons. The van der Waals surface area contributed by atoms with E-state index in [4.69, 9.17) is 4.74 Å². The Hall–Kier alpha value is -3.68. The van der Waals surface area contributed by atoms with Crippen molar-refractivity contribution >= 4 is 22.9 Å². The minimum absolute atomic E-state index is 0.0382. The molecule has 0 saturated carbocycles. The number of rotatable bonds is 4. The molecular formula is C22H21N3O5. The summed E-state index contributed by atoms with van der Waals surface area (Å²) in [6.45, 7) is -0.381. The molecule has 0 fully saturated rings. The highest BCUT2D eigenvalue weighted by Gasteiger charge is 2.27. The highest BCUT2D eigenvalue weighted by Crippen LogP contribution is 2.33. The summed E-state index contributed by atoms with van der Waals surface area (Å²) in [5, 5.41) is 0. The minimum Gasteiger partial charge on any atom is -0.452 e. The summed E-state index contributed by atoms with van der Waals surface area (Å²) in [6.07, 6.45) is 2.86. The molecular weight excluding hydrogens is 386 g/mol. The van der Waals surface area contributed by atoms with Crippen molar-refractivity contribution in [3.05, 3.63) is 79.9 Å². The molecule has 1 aromatic heterocycles. The maximum absolute atomic E-state index is 12.6. The predicted molar refractivity (Wildman–Crippen MR) is 110 cm³/mol. The van der Waals surface area contributed by atoms with Crippen LogP contribution in [0.15, 0.2) is 52.1 Å². The third kappa shape index (κ3) is 3.76. The Morgan fingerprint density at radius 1 is 1.07 bits per heavy atom. The maximum Gasteiger partial charge on any atom is 0.338 e. The second-order valence-corrected chi connectivity index (χ2v) is 7.36. The first-order valence-corrected chi connectivity index (χ1v) is 9.71. The topological polar surface area (TPSA) is 112 Å². The Kier molecular flexibility index (Phi) is 5.22. The van der Waals surface area contributed by atoms with E-state index in [0.717, 1.165) is 24.8 Å². The van der Waals surface area contributed by atoms with Crippen LogP contribution in [-0.4, -0.2) is 40.4 Å². The molecule has 0 spiro atoms. The van der Waals surface area contributed by atoms with Crippen LogP contribution in [0.1, 0.15) is 40.4 Å². The average Bonchev–Trinajstić information content (AvgIpc) is 2.76. The van der Waals surface area contributed by atoms with E-state index < -0.39 is 17.1 Å². The zero-order valence-corrected chi connectivity index (χ0v) is 16.4. The molecule has 1 aliphatic rings. The molecule has 30 heavy (non-hydrogen) atoms. The van der Waals surface area contributed by atoms with Crippen LogP contribution in [0.3, 0.4) is 0 Å². The Morgan fingerprint density at radius 3 is 2.60 bits per heavy atom. The fraction of sp³-hybridized carbons (Fsp3) is 0.273. The standard InChI is InChI=1S/C22H21N3O5/c1-25(18-8-4-6-13-5-2-3-7-15(13)18)19(26)12-30-22(29)14-9-10-16-17(11-14)24-21(28)20(27)23-16/h2-3,5,7,9-11,18H,4,6,8,12H2,1H3,(H,23,27)(H,24,28)/t18-/m1/s1. The fourth-order valence-electron chi connectivity index (χ4n) is 3.86. The zero-order valence-electron chi connectivity index (χ0n) is 16.4. The summed E-state index contributed by atoms with van der Waals surface area (Å²) in [6, 6.07) is 12.4. The molecule has 4 rings (SSSR count). The zero-order chi connectivity index (χ0) is 21.3. The van der Waals surface area contributed by atoms with E-state index in [1.54, 1.807) is 11.9 Å². The molecule has 0 saturated heterocycles. The van der Waals surface area contributed by atoms with Crippen LogP contribution < -0.4 is 11.1 Å². The predicted octanol–water partition coefficient (Wildman–Crippen LogP) is 1.91. The van der Waals surface area contributed by atoms with E-state index in [0.29, 0.717) is 11.0 Å². The van der Waals surface area contributed by atoms with Gasteiger partial charge in [-0.25, -0.2) is 4.79 Å². The number of hydrogen-bond acceptors (Lipinski definition) is 5. The summed E-state index contributed by atoms with van der Waals surface area (Å²) < 4.78 is 5.20. The Bertz CT molecular complexity index is 1240. The van der Waals surface area contributed by atoms with Gasteiger partial charge in [0.15, 0.2) is 6.61 Å². The number of H-pyrrole nitrogens is 2. The number of aromatic nitrogens is 2. The average molecular weight is 407 g/mol. The van der Waals surface area contributed by atoms with Gasteiger partial charge in [0.2, 0.25) is 0 Å². The Balaban J connectivity index is 1.44. The van der Waals surface area contributed by atoms with Crippen molar-refractivity contribution in [2.24, 2.45) is 0 Å². The summed E-state index contributed by atoms with van der Waals surface area (Å²) in [5.41, 5.74) is 1.67. The Labute approximate surface area is 171 Å². The van der Waals surface area contributed by atoms with Gasteiger partial charge < -0.3 is 19.6 Å². The van der Waals surface area contributed by atoms with Crippen LogP contribution in [0.25, 0.3) is 11.0 Å². The van der Waals surface area contributed by atoms with Gasteiger partial charge in [0.25, 0.3) is 5.91 Å².